The van der Waals surface area contributed by atoms with E-state index in [2.05, 4.69) is 0 Å². The molecule has 0 radical (unpaired) electrons. The van der Waals surface area contributed by atoms with Crippen LogP contribution in [0.4, 0.5) is 4.79 Å². The van der Waals surface area contributed by atoms with Crippen LogP contribution in [0.1, 0.15) is 50.5 Å². The molecular weight excluding hydrogens is 346 g/mol. The highest BCUT2D eigenvalue weighted by Crippen LogP contribution is 2.21. The number of ether oxygens (including phenoxy) is 3. The fraction of sp³-hybridized carbons (Fsp3) is 0.619. The lowest BCUT2D eigenvalue weighted by molar-refractivity contribution is -0.163. The number of amides is 1. The Bertz CT molecular complexity index is 600. The highest BCUT2D eigenvalue weighted by atomic mass is 16.7. The summed E-state index contributed by atoms with van der Waals surface area (Å²) < 4.78 is 16.6. The predicted octanol–water partition coefficient (Wildman–Crippen LogP) is 3.68. The number of nitrogens with zero attached hydrogens (tertiary/aromatic N) is 1. The molecule has 0 aliphatic carbocycles. The smallest absolute Gasteiger partial charge is 0.410 e. The number of benzene rings is 1. The SMILES string of the molecule is O=C(CCCOC1CCCCO1)[C@@H]1CCCN1C(=O)OCc1ccccc1. The average Bonchev–Trinajstić information content (AvgIpc) is 3.21. The second-order valence-corrected chi connectivity index (χ2v) is 7.13. The fourth-order valence-electron chi connectivity index (χ4n) is 3.59. The van der Waals surface area contributed by atoms with E-state index in [0.717, 1.165) is 37.9 Å². The van der Waals surface area contributed by atoms with Gasteiger partial charge in [-0.15, -0.1) is 0 Å². The van der Waals surface area contributed by atoms with Crippen molar-refractivity contribution in [3.8, 4) is 0 Å². The summed E-state index contributed by atoms with van der Waals surface area (Å²) in [5.74, 6) is 0.0947. The summed E-state index contributed by atoms with van der Waals surface area (Å²) in [7, 11) is 0. The molecule has 2 saturated heterocycles. The van der Waals surface area contributed by atoms with Crippen molar-refractivity contribution in [3.63, 3.8) is 0 Å². The maximum atomic E-state index is 12.5. The van der Waals surface area contributed by atoms with Crippen molar-refractivity contribution in [2.45, 2.75) is 63.9 Å². The molecule has 27 heavy (non-hydrogen) atoms. The van der Waals surface area contributed by atoms with Crippen LogP contribution in [0.2, 0.25) is 0 Å². The van der Waals surface area contributed by atoms with Crippen LogP contribution in [-0.2, 0) is 25.6 Å². The summed E-state index contributed by atoms with van der Waals surface area (Å²) in [6, 6.07) is 9.20. The molecule has 1 aromatic rings. The minimum atomic E-state index is -0.401. The van der Waals surface area contributed by atoms with Crippen LogP contribution in [0.15, 0.2) is 30.3 Å². The second kappa shape index (κ2) is 10.4. The highest BCUT2D eigenvalue weighted by Gasteiger charge is 2.34. The number of carbonyl (C=O) groups excluding carboxylic acids is 2. The van der Waals surface area contributed by atoms with Gasteiger partial charge in [0.2, 0.25) is 0 Å². The number of likely N-dealkylation sites (tertiary alicyclic amines) is 1. The van der Waals surface area contributed by atoms with Gasteiger partial charge in [0, 0.05) is 19.6 Å². The van der Waals surface area contributed by atoms with Crippen molar-refractivity contribution in [3.05, 3.63) is 35.9 Å². The molecule has 3 rings (SSSR count). The molecule has 1 aromatic carbocycles. The Hall–Kier alpha value is -1.92. The maximum Gasteiger partial charge on any atom is 0.410 e. The molecule has 2 fully saturated rings. The Morgan fingerprint density at radius 2 is 1.96 bits per heavy atom. The van der Waals surface area contributed by atoms with Crippen LogP contribution in [-0.4, -0.2) is 48.9 Å². The molecule has 2 aliphatic rings. The largest absolute Gasteiger partial charge is 0.445 e. The van der Waals surface area contributed by atoms with Gasteiger partial charge in [0.25, 0.3) is 0 Å². The van der Waals surface area contributed by atoms with E-state index >= 15 is 0 Å². The molecule has 6 heteroatoms. The van der Waals surface area contributed by atoms with Gasteiger partial charge in [0.1, 0.15) is 6.61 Å². The minimum Gasteiger partial charge on any atom is -0.445 e. The normalized spacial score (nSPS) is 22.6. The summed E-state index contributed by atoms with van der Waals surface area (Å²) in [6.45, 7) is 2.08. The molecule has 2 aliphatic heterocycles. The van der Waals surface area contributed by atoms with Crippen LogP contribution in [0.3, 0.4) is 0 Å². The lowest BCUT2D eigenvalue weighted by Gasteiger charge is -2.24. The van der Waals surface area contributed by atoms with Gasteiger partial charge >= 0.3 is 6.09 Å². The van der Waals surface area contributed by atoms with Crippen molar-refractivity contribution in [2.24, 2.45) is 0 Å². The first-order valence-electron chi connectivity index (χ1n) is 9.97. The third-order valence-corrected chi connectivity index (χ3v) is 5.07. The van der Waals surface area contributed by atoms with Crippen LogP contribution >= 0.6 is 0 Å². The lowest BCUT2D eigenvalue weighted by Crippen LogP contribution is -2.40. The van der Waals surface area contributed by atoms with E-state index in [0.29, 0.717) is 32.4 Å². The first-order valence-corrected chi connectivity index (χ1v) is 9.97. The van der Waals surface area contributed by atoms with Gasteiger partial charge in [-0.05, 0) is 44.1 Å². The first-order chi connectivity index (χ1) is 13.2. The molecule has 148 valence electrons. The van der Waals surface area contributed by atoms with Crippen molar-refractivity contribution >= 4 is 11.9 Å². The van der Waals surface area contributed by atoms with Gasteiger partial charge in [-0.1, -0.05) is 30.3 Å². The van der Waals surface area contributed by atoms with Crippen LogP contribution < -0.4 is 0 Å². The van der Waals surface area contributed by atoms with E-state index in [1.807, 2.05) is 30.3 Å². The molecule has 0 bridgehead atoms. The van der Waals surface area contributed by atoms with Crippen LogP contribution in [0, 0.1) is 0 Å². The van der Waals surface area contributed by atoms with Crippen molar-refractivity contribution in [1.82, 2.24) is 4.90 Å². The predicted molar refractivity (Wildman–Crippen MR) is 100 cm³/mol. The van der Waals surface area contributed by atoms with Gasteiger partial charge in [0.05, 0.1) is 12.6 Å². The second-order valence-electron chi connectivity index (χ2n) is 7.13. The molecular formula is C21H29NO5. The van der Waals surface area contributed by atoms with Crippen molar-refractivity contribution in [2.75, 3.05) is 19.8 Å². The summed E-state index contributed by atoms with van der Waals surface area (Å²) in [6.07, 6.45) is 5.25. The van der Waals surface area contributed by atoms with Crippen molar-refractivity contribution in [1.29, 1.82) is 0 Å². The van der Waals surface area contributed by atoms with E-state index in [1.165, 1.54) is 0 Å². The number of hydrogen-bond donors (Lipinski definition) is 0. The first kappa shape index (κ1) is 19.8. The number of Topliss-reactive ketones (excluding diaryl/α,β-unsaturated/α-hetero) is 1. The highest BCUT2D eigenvalue weighted by molar-refractivity contribution is 5.87. The summed E-state index contributed by atoms with van der Waals surface area (Å²) >= 11 is 0. The zero-order valence-electron chi connectivity index (χ0n) is 15.8. The van der Waals surface area contributed by atoms with Gasteiger partial charge in [-0.25, -0.2) is 4.79 Å². The van der Waals surface area contributed by atoms with Gasteiger partial charge < -0.3 is 14.2 Å². The number of hydrogen-bond acceptors (Lipinski definition) is 5. The van der Waals surface area contributed by atoms with Gasteiger partial charge in [0.15, 0.2) is 12.1 Å². The van der Waals surface area contributed by atoms with E-state index in [9.17, 15) is 9.59 Å². The Labute approximate surface area is 160 Å². The summed E-state index contributed by atoms with van der Waals surface area (Å²) in [5, 5.41) is 0. The third-order valence-electron chi connectivity index (χ3n) is 5.07. The molecule has 1 amide bonds. The van der Waals surface area contributed by atoms with E-state index in [-0.39, 0.29) is 24.7 Å². The van der Waals surface area contributed by atoms with Gasteiger partial charge in [-0.2, -0.15) is 0 Å². The number of rotatable bonds is 8. The lowest BCUT2D eigenvalue weighted by atomic mass is 10.1. The summed E-state index contributed by atoms with van der Waals surface area (Å²) in [4.78, 5) is 26.5. The molecule has 0 saturated carbocycles. The molecule has 2 heterocycles. The van der Waals surface area contributed by atoms with Crippen LogP contribution in [0.25, 0.3) is 0 Å². The van der Waals surface area contributed by atoms with E-state index < -0.39 is 6.09 Å². The number of ketones is 1. The molecule has 2 atom stereocenters. The van der Waals surface area contributed by atoms with Gasteiger partial charge in [-0.3, -0.25) is 9.69 Å². The molecule has 1 unspecified atom stereocenters. The summed E-state index contributed by atoms with van der Waals surface area (Å²) in [5.41, 5.74) is 0.940. The zero-order valence-corrected chi connectivity index (χ0v) is 15.8. The Balaban J connectivity index is 1.38. The number of carbonyl (C=O) groups is 2. The van der Waals surface area contributed by atoms with E-state index in [1.54, 1.807) is 4.90 Å². The monoisotopic (exact) mass is 375 g/mol. The zero-order chi connectivity index (χ0) is 18.9. The molecule has 0 spiro atoms. The quantitative estimate of drug-likeness (QED) is 0.649. The van der Waals surface area contributed by atoms with Crippen LogP contribution in [0.5, 0.6) is 0 Å². The van der Waals surface area contributed by atoms with Crippen molar-refractivity contribution < 1.29 is 23.8 Å². The Kier molecular flexibility index (Phi) is 7.66. The molecule has 0 N–H and O–H groups in total. The fourth-order valence-corrected chi connectivity index (χ4v) is 3.59. The minimum absolute atomic E-state index is 0.0947. The molecule has 0 aromatic heterocycles. The topological polar surface area (TPSA) is 65.1 Å². The maximum absolute atomic E-state index is 12.5. The average molecular weight is 375 g/mol. The van der Waals surface area contributed by atoms with E-state index in [4.69, 9.17) is 14.2 Å². The molecule has 6 nitrogen and oxygen atoms in total. The standard InChI is InChI=1S/C21H29NO5/c23-19(11-7-15-26-20-12-4-5-14-25-20)18-10-6-13-22(18)21(24)27-16-17-8-2-1-3-9-17/h1-3,8-9,18,20H,4-7,10-16H2/t18-,20?/m0/s1. The Morgan fingerprint density at radius 3 is 2.74 bits per heavy atom. The Morgan fingerprint density at radius 1 is 1.11 bits per heavy atom. The third kappa shape index (κ3) is 6.04.